The maximum absolute atomic E-state index is 11.5. The summed E-state index contributed by atoms with van der Waals surface area (Å²) < 4.78 is 24.6. The monoisotopic (exact) mass is 250 g/mol. The highest BCUT2D eigenvalue weighted by atomic mass is 32.2. The molecular weight excluding hydrogens is 232 g/mol. The van der Waals surface area contributed by atoms with Gasteiger partial charge in [-0.1, -0.05) is 0 Å². The Bertz CT molecular complexity index is 333. The molecule has 16 heavy (non-hydrogen) atoms. The second-order valence-corrected chi connectivity index (χ2v) is 6.18. The summed E-state index contributed by atoms with van der Waals surface area (Å²) >= 11 is 0. The summed E-state index contributed by atoms with van der Waals surface area (Å²) in [6.45, 7) is 4.46. The molecule has 1 aliphatic rings. The van der Waals surface area contributed by atoms with Crippen LogP contribution in [0.3, 0.4) is 0 Å². The van der Waals surface area contributed by atoms with Gasteiger partial charge in [0.2, 0.25) is 10.0 Å². The fourth-order valence-corrected chi connectivity index (χ4v) is 2.90. The molecule has 94 valence electrons. The number of rotatable bonds is 5. The van der Waals surface area contributed by atoms with Crippen LogP contribution < -0.4 is 10.0 Å². The van der Waals surface area contributed by atoms with Crippen LogP contribution in [-0.4, -0.2) is 57.2 Å². The van der Waals surface area contributed by atoms with Crippen molar-refractivity contribution in [3.8, 4) is 0 Å². The number of aliphatic carboxylic acids is 1. The highest BCUT2D eigenvalue weighted by Crippen LogP contribution is 2.00. The number of piperazine rings is 1. The number of hydrogen-bond acceptors (Lipinski definition) is 4. The Morgan fingerprint density at radius 3 is 2.38 bits per heavy atom. The van der Waals surface area contributed by atoms with E-state index in [1.165, 1.54) is 4.31 Å². The van der Waals surface area contributed by atoms with Gasteiger partial charge in [-0.3, -0.25) is 0 Å². The Morgan fingerprint density at radius 1 is 1.38 bits per heavy atom. The molecule has 1 N–H and O–H groups in total. The first-order valence-corrected chi connectivity index (χ1v) is 7.08. The Morgan fingerprint density at radius 2 is 1.94 bits per heavy atom. The molecule has 0 atom stereocenters. The van der Waals surface area contributed by atoms with Crippen molar-refractivity contribution in [2.75, 3.05) is 38.5 Å². The first-order chi connectivity index (χ1) is 7.45. The van der Waals surface area contributed by atoms with Crippen LogP contribution in [0.5, 0.6) is 0 Å². The van der Waals surface area contributed by atoms with Gasteiger partial charge in [0.05, 0.1) is 38.5 Å². The number of nitrogens with one attached hydrogen (secondary N) is 1. The lowest BCUT2D eigenvalue weighted by Gasteiger charge is -2.31. The predicted molar refractivity (Wildman–Crippen MR) is 56.2 cm³/mol. The van der Waals surface area contributed by atoms with E-state index in [9.17, 15) is 18.3 Å². The number of carbonyl (C=O) groups is 1. The summed E-state index contributed by atoms with van der Waals surface area (Å²) in [5.74, 6) is -0.919. The summed E-state index contributed by atoms with van der Waals surface area (Å²) in [5, 5.41) is 10.3. The molecule has 1 rings (SSSR count). The first kappa shape index (κ1) is 13.4. The number of carboxylic acids is 1. The van der Waals surface area contributed by atoms with E-state index in [4.69, 9.17) is 0 Å². The number of hydrogen-bond donors (Lipinski definition) is 1. The van der Waals surface area contributed by atoms with Crippen molar-refractivity contribution < 1.29 is 23.2 Å². The van der Waals surface area contributed by atoms with Gasteiger partial charge in [0.15, 0.2) is 0 Å². The van der Waals surface area contributed by atoms with Gasteiger partial charge in [-0.15, -0.1) is 0 Å². The van der Waals surface area contributed by atoms with Gasteiger partial charge in [-0.2, -0.15) is 4.31 Å². The maximum atomic E-state index is 11.5. The predicted octanol–water partition coefficient (Wildman–Crippen LogP) is -3.32. The van der Waals surface area contributed by atoms with Crippen LogP contribution in [0.4, 0.5) is 0 Å². The molecule has 0 aromatic rings. The minimum absolute atomic E-state index is 0.0376. The van der Waals surface area contributed by atoms with E-state index in [2.05, 4.69) is 0 Å². The quantitative estimate of drug-likeness (QED) is 0.553. The molecule has 0 radical (unpaired) electrons. The third-order valence-corrected chi connectivity index (χ3v) is 4.75. The van der Waals surface area contributed by atoms with E-state index in [0.29, 0.717) is 32.7 Å². The number of sulfonamides is 1. The third kappa shape index (κ3) is 3.73. The van der Waals surface area contributed by atoms with Crippen molar-refractivity contribution in [3.05, 3.63) is 0 Å². The van der Waals surface area contributed by atoms with E-state index in [-0.39, 0.29) is 12.2 Å². The van der Waals surface area contributed by atoms with Gasteiger partial charge >= 0.3 is 0 Å². The van der Waals surface area contributed by atoms with Gasteiger partial charge in [0, 0.05) is 12.4 Å². The summed E-state index contributed by atoms with van der Waals surface area (Å²) in [6.07, 6.45) is 0.0376. The smallest absolute Gasteiger partial charge is 0.214 e. The summed E-state index contributed by atoms with van der Waals surface area (Å²) in [5.41, 5.74) is 0. The van der Waals surface area contributed by atoms with Crippen LogP contribution in [-0.2, 0) is 14.8 Å². The average Bonchev–Trinajstić information content (AvgIpc) is 2.27. The summed E-state index contributed by atoms with van der Waals surface area (Å²) in [7, 11) is -3.08. The molecule has 0 bridgehead atoms. The molecule has 0 aliphatic carbocycles. The fourth-order valence-electron chi connectivity index (χ4n) is 1.79. The lowest BCUT2D eigenvalue weighted by Crippen LogP contribution is -3.15. The van der Waals surface area contributed by atoms with Gasteiger partial charge < -0.3 is 14.8 Å². The second-order valence-electron chi connectivity index (χ2n) is 3.92. The van der Waals surface area contributed by atoms with Gasteiger partial charge in [0.25, 0.3) is 0 Å². The Labute approximate surface area is 95.9 Å². The largest absolute Gasteiger partial charge is 0.550 e. The SMILES string of the molecule is CCS(=O)(=O)N1CC[NH+](CCC(=O)[O-])CC1. The number of quaternary nitrogens is 1. The minimum Gasteiger partial charge on any atom is -0.550 e. The zero-order valence-electron chi connectivity index (χ0n) is 9.44. The summed E-state index contributed by atoms with van der Waals surface area (Å²) in [4.78, 5) is 11.4. The minimum atomic E-state index is -3.08. The first-order valence-electron chi connectivity index (χ1n) is 5.47. The molecular formula is C9H18N2O4S. The molecule has 1 fully saturated rings. The van der Waals surface area contributed by atoms with Crippen LogP contribution in [0, 0.1) is 0 Å². The maximum Gasteiger partial charge on any atom is 0.214 e. The lowest BCUT2D eigenvalue weighted by molar-refractivity contribution is -0.903. The molecule has 1 heterocycles. The molecule has 0 amide bonds. The highest BCUT2D eigenvalue weighted by Gasteiger charge is 2.27. The highest BCUT2D eigenvalue weighted by molar-refractivity contribution is 7.89. The molecule has 1 aliphatic heterocycles. The van der Waals surface area contributed by atoms with Crippen molar-refractivity contribution in [3.63, 3.8) is 0 Å². The molecule has 6 nitrogen and oxygen atoms in total. The normalized spacial score (nSPS) is 19.8. The molecule has 0 aromatic heterocycles. The van der Waals surface area contributed by atoms with E-state index in [0.717, 1.165) is 4.90 Å². The Hall–Kier alpha value is -0.660. The molecule has 7 heteroatoms. The third-order valence-electron chi connectivity index (χ3n) is 2.87. The molecule has 0 saturated carbocycles. The Balaban J connectivity index is 2.37. The zero-order chi connectivity index (χ0) is 12.2. The standard InChI is InChI=1S/C9H18N2O4S/c1-2-16(14,15)11-7-5-10(6-8-11)4-3-9(12)13/h2-8H2,1H3,(H,12,13). The van der Waals surface area contributed by atoms with E-state index >= 15 is 0 Å². The van der Waals surface area contributed by atoms with Crippen molar-refractivity contribution in [1.29, 1.82) is 0 Å². The topological polar surface area (TPSA) is 82.0 Å². The van der Waals surface area contributed by atoms with Crippen LogP contribution in [0.1, 0.15) is 13.3 Å². The van der Waals surface area contributed by atoms with Crippen LogP contribution in [0.25, 0.3) is 0 Å². The number of nitrogens with zero attached hydrogens (tertiary/aromatic N) is 1. The summed E-state index contributed by atoms with van der Waals surface area (Å²) in [6, 6.07) is 0. The van der Waals surface area contributed by atoms with Crippen LogP contribution >= 0.6 is 0 Å². The lowest BCUT2D eigenvalue weighted by atomic mass is 10.3. The van der Waals surface area contributed by atoms with Gasteiger partial charge in [-0.25, -0.2) is 8.42 Å². The van der Waals surface area contributed by atoms with Crippen LogP contribution in [0.15, 0.2) is 0 Å². The Kier molecular flexibility index (Phi) is 4.69. The zero-order valence-corrected chi connectivity index (χ0v) is 10.3. The number of carbonyl (C=O) groups excluding carboxylic acids is 1. The second kappa shape index (κ2) is 5.60. The van der Waals surface area contributed by atoms with Crippen molar-refractivity contribution in [2.45, 2.75) is 13.3 Å². The van der Waals surface area contributed by atoms with Crippen molar-refractivity contribution >= 4 is 16.0 Å². The average molecular weight is 250 g/mol. The van der Waals surface area contributed by atoms with Gasteiger partial charge in [0.1, 0.15) is 0 Å². The van der Waals surface area contributed by atoms with E-state index in [1.807, 2.05) is 0 Å². The molecule has 0 aromatic carbocycles. The van der Waals surface area contributed by atoms with Crippen molar-refractivity contribution in [1.82, 2.24) is 4.31 Å². The molecule has 0 unspecified atom stereocenters. The fraction of sp³-hybridized carbons (Fsp3) is 0.889. The molecule has 0 spiro atoms. The van der Waals surface area contributed by atoms with Crippen LogP contribution in [0.2, 0.25) is 0 Å². The number of carboxylic acid groups (broad SMARTS) is 1. The van der Waals surface area contributed by atoms with Gasteiger partial charge in [-0.05, 0) is 6.92 Å². The van der Waals surface area contributed by atoms with Crippen molar-refractivity contribution in [2.24, 2.45) is 0 Å². The molecule has 1 saturated heterocycles. The van der Waals surface area contributed by atoms with E-state index in [1.54, 1.807) is 6.92 Å². The van der Waals surface area contributed by atoms with E-state index < -0.39 is 16.0 Å².